The van der Waals surface area contributed by atoms with Crippen LogP contribution in [-0.2, 0) is 9.53 Å². The van der Waals surface area contributed by atoms with Crippen LogP contribution in [0.25, 0.3) is 0 Å². The predicted molar refractivity (Wildman–Crippen MR) is 78.9 cm³/mol. The molecule has 0 aliphatic carbocycles. The minimum absolute atomic E-state index is 0.00184. The molecule has 0 heterocycles. The van der Waals surface area contributed by atoms with Crippen molar-refractivity contribution >= 4 is 29.3 Å². The van der Waals surface area contributed by atoms with Gasteiger partial charge < -0.3 is 15.0 Å². The maximum absolute atomic E-state index is 13.5. The maximum Gasteiger partial charge on any atom is 0.410 e. The molecule has 1 rings (SSSR count). The monoisotopic (exact) mass is 316 g/mol. The summed E-state index contributed by atoms with van der Waals surface area (Å²) in [5, 5.41) is 2.60. The second-order valence-electron chi connectivity index (χ2n) is 5.51. The molecule has 21 heavy (non-hydrogen) atoms. The Balaban J connectivity index is 2.59. The molecular weight excluding hydrogens is 299 g/mol. The van der Waals surface area contributed by atoms with Crippen LogP contribution in [-0.4, -0.2) is 36.1 Å². The first-order chi connectivity index (χ1) is 9.58. The molecule has 0 saturated carbocycles. The van der Waals surface area contributed by atoms with Crippen molar-refractivity contribution in [3.05, 3.63) is 29.0 Å². The summed E-state index contributed by atoms with van der Waals surface area (Å²) in [4.78, 5) is 24.6. The second-order valence-corrected chi connectivity index (χ2v) is 5.95. The van der Waals surface area contributed by atoms with Crippen molar-refractivity contribution in [1.82, 2.24) is 4.90 Å². The van der Waals surface area contributed by atoms with Crippen LogP contribution in [0.2, 0.25) is 5.02 Å². The van der Waals surface area contributed by atoms with Crippen molar-refractivity contribution in [2.24, 2.45) is 0 Å². The number of benzene rings is 1. The van der Waals surface area contributed by atoms with E-state index >= 15 is 0 Å². The van der Waals surface area contributed by atoms with Crippen LogP contribution in [0.3, 0.4) is 0 Å². The Labute approximate surface area is 128 Å². The lowest BCUT2D eigenvalue weighted by molar-refractivity contribution is -0.117. The summed E-state index contributed by atoms with van der Waals surface area (Å²) in [5.41, 5.74) is -0.647. The smallest absolute Gasteiger partial charge is 0.410 e. The summed E-state index contributed by atoms with van der Waals surface area (Å²) in [6.07, 6.45) is -0.630. The number of carbonyl (C=O) groups is 2. The fourth-order valence-corrected chi connectivity index (χ4v) is 1.56. The van der Waals surface area contributed by atoms with Gasteiger partial charge in [0.25, 0.3) is 0 Å². The number of anilines is 1. The quantitative estimate of drug-likeness (QED) is 0.931. The summed E-state index contributed by atoms with van der Waals surface area (Å²) in [6.45, 7) is 4.92. The van der Waals surface area contributed by atoms with E-state index in [1.807, 2.05) is 0 Å². The van der Waals surface area contributed by atoms with Gasteiger partial charge in [0.15, 0.2) is 0 Å². The highest BCUT2D eigenvalue weighted by molar-refractivity contribution is 6.30. The van der Waals surface area contributed by atoms with Crippen molar-refractivity contribution < 1.29 is 18.7 Å². The minimum Gasteiger partial charge on any atom is -0.444 e. The lowest BCUT2D eigenvalue weighted by atomic mass is 10.2. The Morgan fingerprint density at radius 3 is 2.52 bits per heavy atom. The molecule has 1 aromatic rings. The van der Waals surface area contributed by atoms with E-state index < -0.39 is 23.4 Å². The number of likely N-dealkylation sites (N-methyl/N-ethyl adjacent to an activating group) is 1. The molecule has 1 aromatic carbocycles. The number of hydrogen-bond donors (Lipinski definition) is 1. The van der Waals surface area contributed by atoms with E-state index in [-0.39, 0.29) is 17.3 Å². The molecule has 0 saturated heterocycles. The summed E-state index contributed by atoms with van der Waals surface area (Å²) >= 11 is 5.62. The standard InChI is InChI=1S/C14H18ClFN2O3/c1-14(2,3)21-13(20)18(4)8-12(19)17-11-6-5-9(15)7-10(11)16/h5-7H,8H2,1-4H3,(H,17,19). The Morgan fingerprint density at radius 2 is 2.00 bits per heavy atom. The number of nitrogens with zero attached hydrogens (tertiary/aromatic N) is 1. The number of ether oxygens (including phenoxy) is 1. The van der Waals surface area contributed by atoms with E-state index in [9.17, 15) is 14.0 Å². The van der Waals surface area contributed by atoms with Crippen molar-refractivity contribution in [3.8, 4) is 0 Å². The first-order valence-corrected chi connectivity index (χ1v) is 6.65. The maximum atomic E-state index is 13.5. The predicted octanol–water partition coefficient (Wildman–Crippen LogP) is 3.28. The van der Waals surface area contributed by atoms with E-state index in [4.69, 9.17) is 16.3 Å². The molecule has 116 valence electrons. The summed E-state index contributed by atoms with van der Waals surface area (Å²) in [6, 6.07) is 3.90. The van der Waals surface area contributed by atoms with Crippen LogP contribution in [0.5, 0.6) is 0 Å². The molecule has 0 fully saturated rings. The zero-order valence-electron chi connectivity index (χ0n) is 12.4. The van der Waals surface area contributed by atoms with Crippen molar-refractivity contribution in [3.63, 3.8) is 0 Å². The van der Waals surface area contributed by atoms with E-state index in [1.54, 1.807) is 20.8 Å². The zero-order valence-corrected chi connectivity index (χ0v) is 13.1. The highest BCUT2D eigenvalue weighted by atomic mass is 35.5. The molecule has 0 unspecified atom stereocenters. The third-order valence-corrected chi connectivity index (χ3v) is 2.53. The number of rotatable bonds is 3. The molecule has 1 N–H and O–H groups in total. The molecular formula is C14H18ClFN2O3. The van der Waals surface area contributed by atoms with Gasteiger partial charge in [-0.2, -0.15) is 0 Å². The molecule has 0 aliphatic rings. The zero-order chi connectivity index (χ0) is 16.2. The van der Waals surface area contributed by atoms with Gasteiger partial charge in [-0.1, -0.05) is 11.6 Å². The largest absolute Gasteiger partial charge is 0.444 e. The van der Waals surface area contributed by atoms with Gasteiger partial charge in [-0.05, 0) is 39.0 Å². The molecule has 0 spiro atoms. The first kappa shape index (κ1) is 17.2. The first-order valence-electron chi connectivity index (χ1n) is 6.27. The Morgan fingerprint density at radius 1 is 1.38 bits per heavy atom. The fourth-order valence-electron chi connectivity index (χ4n) is 1.40. The van der Waals surface area contributed by atoms with Gasteiger partial charge in [-0.25, -0.2) is 9.18 Å². The van der Waals surface area contributed by atoms with Gasteiger partial charge in [0.2, 0.25) is 5.91 Å². The van der Waals surface area contributed by atoms with Crippen molar-refractivity contribution in [2.75, 3.05) is 18.9 Å². The average Bonchev–Trinajstić information content (AvgIpc) is 2.30. The van der Waals surface area contributed by atoms with Crippen molar-refractivity contribution in [1.29, 1.82) is 0 Å². The number of amides is 2. The number of halogens is 2. The topological polar surface area (TPSA) is 58.6 Å². The lowest BCUT2D eigenvalue weighted by Gasteiger charge is -2.24. The van der Waals surface area contributed by atoms with Crippen LogP contribution in [0.15, 0.2) is 18.2 Å². The van der Waals surface area contributed by atoms with Crippen molar-refractivity contribution in [2.45, 2.75) is 26.4 Å². The Kier molecular flexibility index (Phi) is 5.54. The molecule has 0 bridgehead atoms. The normalized spacial score (nSPS) is 11.0. The van der Waals surface area contributed by atoms with Gasteiger partial charge in [0.05, 0.1) is 5.69 Å². The minimum atomic E-state index is -0.649. The van der Waals surface area contributed by atoms with Crippen LogP contribution in [0.4, 0.5) is 14.9 Å². The third-order valence-electron chi connectivity index (χ3n) is 2.29. The van der Waals surface area contributed by atoms with Gasteiger partial charge in [-0.15, -0.1) is 0 Å². The van der Waals surface area contributed by atoms with Gasteiger partial charge >= 0.3 is 6.09 Å². The molecule has 7 heteroatoms. The highest BCUT2D eigenvalue weighted by Crippen LogP contribution is 2.18. The van der Waals surface area contributed by atoms with E-state index in [2.05, 4.69) is 5.32 Å². The Hall–Kier alpha value is -1.82. The van der Waals surface area contributed by atoms with Gasteiger partial charge in [0.1, 0.15) is 18.0 Å². The Bertz CT molecular complexity index is 544. The van der Waals surface area contributed by atoms with E-state index in [0.717, 1.165) is 11.0 Å². The van der Waals surface area contributed by atoms with Crippen LogP contribution >= 0.6 is 11.6 Å². The van der Waals surface area contributed by atoms with Crippen LogP contribution in [0, 0.1) is 5.82 Å². The molecule has 0 atom stereocenters. The average molecular weight is 317 g/mol. The lowest BCUT2D eigenvalue weighted by Crippen LogP contribution is -2.38. The van der Waals surface area contributed by atoms with Crippen LogP contribution < -0.4 is 5.32 Å². The summed E-state index contributed by atoms with van der Waals surface area (Å²) in [7, 11) is 1.42. The van der Waals surface area contributed by atoms with E-state index in [0.29, 0.717) is 0 Å². The molecule has 0 aliphatic heterocycles. The summed E-state index contributed by atoms with van der Waals surface area (Å²) < 4.78 is 18.6. The SMILES string of the molecule is CN(CC(=O)Nc1ccc(Cl)cc1F)C(=O)OC(C)(C)C. The van der Waals surface area contributed by atoms with Gasteiger partial charge in [0, 0.05) is 12.1 Å². The molecule has 0 aromatic heterocycles. The molecule has 2 amide bonds. The molecule has 5 nitrogen and oxygen atoms in total. The number of nitrogens with one attached hydrogen (secondary N) is 1. The third kappa shape index (κ3) is 5.99. The van der Waals surface area contributed by atoms with Crippen LogP contribution in [0.1, 0.15) is 20.8 Å². The number of carbonyl (C=O) groups excluding carboxylic acids is 2. The number of hydrogen-bond acceptors (Lipinski definition) is 3. The molecule has 0 radical (unpaired) electrons. The fraction of sp³-hybridized carbons (Fsp3) is 0.429. The highest BCUT2D eigenvalue weighted by Gasteiger charge is 2.21. The second kappa shape index (κ2) is 6.76. The van der Waals surface area contributed by atoms with Gasteiger partial charge in [-0.3, -0.25) is 4.79 Å². The summed E-state index contributed by atoms with van der Waals surface area (Å²) in [5.74, 6) is -1.18. The van der Waals surface area contributed by atoms with E-state index in [1.165, 1.54) is 19.2 Å².